The van der Waals surface area contributed by atoms with Gasteiger partial charge in [0, 0.05) is 17.1 Å². The van der Waals surface area contributed by atoms with Crippen LogP contribution >= 0.6 is 11.3 Å². The lowest BCUT2D eigenvalue weighted by molar-refractivity contribution is 0.561. The first-order valence-corrected chi connectivity index (χ1v) is 8.34. The normalized spacial score (nSPS) is 13.3. The summed E-state index contributed by atoms with van der Waals surface area (Å²) in [5.41, 5.74) is 6.83. The molecule has 2 aromatic rings. The number of anilines is 1. The Kier molecular flexibility index (Phi) is 4.42. The topological polar surface area (TPSA) is 72.2 Å². The number of rotatable bonds is 5. The lowest BCUT2D eigenvalue weighted by atomic mass is 10.1. The van der Waals surface area contributed by atoms with E-state index in [1.807, 2.05) is 0 Å². The van der Waals surface area contributed by atoms with Gasteiger partial charge in [0.15, 0.2) is 0 Å². The average Bonchev–Trinajstić information content (AvgIpc) is 2.79. The number of halogens is 1. The minimum Gasteiger partial charge on any atom is -0.398 e. The van der Waals surface area contributed by atoms with Crippen LogP contribution in [0.3, 0.4) is 0 Å². The summed E-state index contributed by atoms with van der Waals surface area (Å²) in [5.74, 6) is -0.309. The van der Waals surface area contributed by atoms with Crippen molar-refractivity contribution < 1.29 is 12.8 Å². The first-order chi connectivity index (χ1) is 9.37. The van der Waals surface area contributed by atoms with Crippen molar-refractivity contribution in [1.29, 1.82) is 0 Å². The summed E-state index contributed by atoms with van der Waals surface area (Å²) < 4.78 is 39.7. The van der Waals surface area contributed by atoms with Gasteiger partial charge < -0.3 is 5.73 Å². The highest BCUT2D eigenvalue weighted by Gasteiger charge is 2.19. The van der Waals surface area contributed by atoms with Crippen molar-refractivity contribution in [2.24, 2.45) is 0 Å². The molecule has 1 atom stereocenters. The lowest BCUT2D eigenvalue weighted by Crippen LogP contribution is -2.33. The molecule has 0 saturated heterocycles. The zero-order valence-corrected chi connectivity index (χ0v) is 12.5. The Morgan fingerprint density at radius 1 is 1.35 bits per heavy atom. The van der Waals surface area contributed by atoms with Gasteiger partial charge in [-0.1, -0.05) is 12.1 Å². The molecule has 7 heteroatoms. The number of hydrogen-bond donors (Lipinski definition) is 2. The van der Waals surface area contributed by atoms with E-state index in [1.54, 1.807) is 24.4 Å². The molecule has 20 heavy (non-hydrogen) atoms. The van der Waals surface area contributed by atoms with Gasteiger partial charge in [0.25, 0.3) is 0 Å². The molecule has 1 aromatic carbocycles. The zero-order chi connectivity index (χ0) is 14.8. The summed E-state index contributed by atoms with van der Waals surface area (Å²) in [6, 6.07) is 7.13. The van der Waals surface area contributed by atoms with Crippen molar-refractivity contribution in [1.82, 2.24) is 4.72 Å². The molecule has 4 nitrogen and oxygen atoms in total. The minimum absolute atomic E-state index is 0.195. The molecule has 2 rings (SSSR count). The first kappa shape index (κ1) is 15.0. The Morgan fingerprint density at radius 3 is 2.55 bits per heavy atom. The third-order valence-corrected chi connectivity index (χ3v) is 5.72. The number of sulfonamides is 1. The fourth-order valence-electron chi connectivity index (χ4n) is 1.81. The van der Waals surface area contributed by atoms with Gasteiger partial charge in [-0.05, 0) is 37.1 Å². The molecule has 1 aromatic heterocycles. The van der Waals surface area contributed by atoms with Gasteiger partial charge >= 0.3 is 0 Å². The van der Waals surface area contributed by atoms with Crippen molar-refractivity contribution >= 4 is 27.0 Å². The molecule has 0 aliphatic heterocycles. The van der Waals surface area contributed by atoms with Gasteiger partial charge in [0.2, 0.25) is 10.0 Å². The number of benzene rings is 1. The maximum Gasteiger partial charge on any atom is 0.250 e. The van der Waals surface area contributed by atoms with E-state index in [2.05, 4.69) is 4.72 Å². The van der Waals surface area contributed by atoms with Crippen LogP contribution in [0.4, 0.5) is 10.1 Å². The highest BCUT2D eigenvalue weighted by atomic mass is 32.2. The smallest absolute Gasteiger partial charge is 0.250 e. The lowest BCUT2D eigenvalue weighted by Gasteiger charge is -2.13. The summed E-state index contributed by atoms with van der Waals surface area (Å²) in [6.45, 7) is 1.76. The van der Waals surface area contributed by atoms with Gasteiger partial charge in [-0.15, -0.1) is 11.3 Å². The SMILES string of the molecule is CC(Cc1ccc(F)cc1)NS(=O)(=O)c1cc(N)cs1. The van der Waals surface area contributed by atoms with E-state index in [-0.39, 0.29) is 16.1 Å². The van der Waals surface area contributed by atoms with Crippen LogP contribution < -0.4 is 10.5 Å². The summed E-state index contributed by atoms with van der Waals surface area (Å²) in [5, 5.41) is 1.58. The van der Waals surface area contributed by atoms with E-state index < -0.39 is 10.0 Å². The fourth-order valence-corrected chi connectivity index (χ4v) is 4.15. The van der Waals surface area contributed by atoms with Crippen molar-refractivity contribution in [2.45, 2.75) is 23.6 Å². The largest absolute Gasteiger partial charge is 0.398 e. The molecule has 0 spiro atoms. The molecule has 3 N–H and O–H groups in total. The van der Waals surface area contributed by atoms with Gasteiger partial charge in [-0.25, -0.2) is 17.5 Å². The van der Waals surface area contributed by atoms with Crippen molar-refractivity contribution in [3.05, 3.63) is 47.1 Å². The summed E-state index contributed by atoms with van der Waals surface area (Å²) in [7, 11) is -3.55. The Balaban J connectivity index is 2.04. The molecule has 0 aliphatic rings. The molecule has 0 radical (unpaired) electrons. The molecule has 108 valence electrons. The van der Waals surface area contributed by atoms with E-state index in [4.69, 9.17) is 5.73 Å². The molecule has 0 amide bonds. The molecular weight excluding hydrogens is 299 g/mol. The number of nitrogens with one attached hydrogen (secondary N) is 1. The van der Waals surface area contributed by atoms with E-state index in [1.165, 1.54) is 18.2 Å². The van der Waals surface area contributed by atoms with E-state index in [0.717, 1.165) is 16.9 Å². The van der Waals surface area contributed by atoms with Gasteiger partial charge in [-0.2, -0.15) is 0 Å². The standard InChI is InChI=1S/C13H15FN2O2S2/c1-9(6-10-2-4-11(14)5-3-10)16-20(17,18)13-7-12(15)8-19-13/h2-5,7-9,16H,6,15H2,1H3. The highest BCUT2D eigenvalue weighted by molar-refractivity contribution is 7.91. The summed E-state index contributed by atoms with van der Waals surface area (Å²) in [4.78, 5) is 0. The first-order valence-electron chi connectivity index (χ1n) is 5.97. The average molecular weight is 314 g/mol. The summed E-state index contributed by atoms with van der Waals surface area (Å²) in [6.07, 6.45) is 0.486. The molecule has 0 saturated carbocycles. The van der Waals surface area contributed by atoms with Gasteiger partial charge in [-0.3, -0.25) is 0 Å². The Morgan fingerprint density at radius 2 is 2.00 bits per heavy atom. The number of nitrogens with two attached hydrogens (primary N) is 1. The Hall–Kier alpha value is -1.44. The number of hydrogen-bond acceptors (Lipinski definition) is 4. The molecule has 1 heterocycles. The third-order valence-electron chi connectivity index (χ3n) is 2.67. The monoisotopic (exact) mass is 314 g/mol. The summed E-state index contributed by atoms with van der Waals surface area (Å²) >= 11 is 1.08. The van der Waals surface area contributed by atoms with Crippen LogP contribution in [0.2, 0.25) is 0 Å². The van der Waals surface area contributed by atoms with Crippen molar-refractivity contribution in [3.63, 3.8) is 0 Å². The van der Waals surface area contributed by atoms with Gasteiger partial charge in [0.05, 0.1) is 0 Å². The molecule has 0 fully saturated rings. The molecule has 0 bridgehead atoms. The van der Waals surface area contributed by atoms with Gasteiger partial charge in [0.1, 0.15) is 10.0 Å². The van der Waals surface area contributed by atoms with Crippen LogP contribution in [0.5, 0.6) is 0 Å². The minimum atomic E-state index is -3.55. The van der Waals surface area contributed by atoms with Crippen LogP contribution in [-0.2, 0) is 16.4 Å². The third kappa shape index (κ3) is 3.78. The second kappa shape index (κ2) is 5.90. The fraction of sp³-hybridized carbons (Fsp3) is 0.231. The molecular formula is C13H15FN2O2S2. The predicted octanol–water partition coefficient (Wildman–Crippen LogP) is 2.38. The maximum atomic E-state index is 12.8. The Labute approximate surface area is 121 Å². The zero-order valence-electron chi connectivity index (χ0n) is 10.8. The maximum absolute atomic E-state index is 12.8. The van der Waals surface area contributed by atoms with Crippen LogP contribution in [0.25, 0.3) is 0 Å². The number of thiophene rings is 1. The second-order valence-corrected chi connectivity index (χ2v) is 7.40. The number of nitrogen functional groups attached to an aromatic ring is 1. The van der Waals surface area contributed by atoms with E-state index in [9.17, 15) is 12.8 Å². The molecule has 1 unspecified atom stereocenters. The van der Waals surface area contributed by atoms with Crippen LogP contribution in [0, 0.1) is 5.82 Å². The van der Waals surface area contributed by atoms with Crippen LogP contribution in [-0.4, -0.2) is 14.5 Å². The van der Waals surface area contributed by atoms with E-state index in [0.29, 0.717) is 12.1 Å². The highest BCUT2D eigenvalue weighted by Crippen LogP contribution is 2.21. The van der Waals surface area contributed by atoms with Crippen molar-refractivity contribution in [3.8, 4) is 0 Å². The molecule has 0 aliphatic carbocycles. The van der Waals surface area contributed by atoms with Crippen LogP contribution in [0.15, 0.2) is 39.9 Å². The Bertz CT molecular complexity index is 681. The predicted molar refractivity (Wildman–Crippen MR) is 78.6 cm³/mol. The van der Waals surface area contributed by atoms with E-state index >= 15 is 0 Å². The second-order valence-electron chi connectivity index (χ2n) is 4.55. The van der Waals surface area contributed by atoms with Crippen molar-refractivity contribution in [2.75, 3.05) is 5.73 Å². The van der Waals surface area contributed by atoms with Crippen LogP contribution in [0.1, 0.15) is 12.5 Å². The quantitative estimate of drug-likeness (QED) is 0.890.